The first-order valence-electron chi connectivity index (χ1n) is 7.90. The molecule has 2 N–H and O–H groups in total. The van der Waals surface area contributed by atoms with Gasteiger partial charge < -0.3 is 10.3 Å². The molecule has 0 fully saturated rings. The maximum absolute atomic E-state index is 12.2. The molecule has 0 bridgehead atoms. The van der Waals surface area contributed by atoms with Gasteiger partial charge in [0, 0.05) is 38.2 Å². The molecule has 0 unspecified atom stereocenters. The van der Waals surface area contributed by atoms with Crippen molar-refractivity contribution in [3.05, 3.63) is 54.1 Å². The Morgan fingerprint density at radius 2 is 2.08 bits per heavy atom. The third-order valence-electron chi connectivity index (χ3n) is 3.74. The van der Waals surface area contributed by atoms with Gasteiger partial charge in [-0.3, -0.25) is 9.59 Å². The molecular formula is C17H19N5O2. The number of imidazole rings is 1. The Hall–Kier alpha value is -2.96. The highest BCUT2D eigenvalue weighted by Crippen LogP contribution is 2.13. The van der Waals surface area contributed by atoms with Gasteiger partial charge in [0.2, 0.25) is 5.91 Å². The first-order chi connectivity index (χ1) is 11.7. The highest BCUT2D eigenvalue weighted by atomic mass is 16.2. The largest absolute Gasteiger partial charge is 0.350 e. The van der Waals surface area contributed by atoms with Crippen LogP contribution in [0.4, 0.5) is 0 Å². The minimum absolute atomic E-state index is 0.0639. The highest BCUT2D eigenvalue weighted by molar-refractivity contribution is 6.39. The number of nitrogens with one attached hydrogen (secondary N) is 2. The average molecular weight is 325 g/mol. The van der Waals surface area contributed by atoms with Crippen LogP contribution in [-0.4, -0.2) is 39.0 Å². The van der Waals surface area contributed by atoms with Crippen molar-refractivity contribution >= 4 is 17.5 Å². The Bertz CT molecular complexity index is 725. The molecule has 0 radical (unpaired) electrons. The predicted molar refractivity (Wildman–Crippen MR) is 89.0 cm³/mol. The zero-order valence-electron chi connectivity index (χ0n) is 13.2. The molecule has 1 aromatic heterocycles. The molecule has 2 amide bonds. The van der Waals surface area contributed by atoms with Crippen LogP contribution < -0.4 is 5.32 Å². The fourth-order valence-electron chi connectivity index (χ4n) is 2.48. The monoisotopic (exact) mass is 325 g/mol. The summed E-state index contributed by atoms with van der Waals surface area (Å²) in [6.07, 6.45) is 4.72. The first kappa shape index (κ1) is 15.9. The van der Waals surface area contributed by atoms with Gasteiger partial charge in [-0.15, -0.1) is 0 Å². The fraction of sp³-hybridized carbons (Fsp3) is 0.294. The minimum atomic E-state index is -0.230. The zero-order chi connectivity index (χ0) is 16.8. The van der Waals surface area contributed by atoms with Gasteiger partial charge in [0.05, 0.1) is 6.54 Å². The second-order valence-electron chi connectivity index (χ2n) is 5.53. The Labute approximate surface area is 139 Å². The van der Waals surface area contributed by atoms with Gasteiger partial charge in [-0.2, -0.15) is 5.10 Å². The summed E-state index contributed by atoms with van der Waals surface area (Å²) >= 11 is 0. The maximum atomic E-state index is 12.2. The van der Waals surface area contributed by atoms with Crippen LogP contribution in [0.25, 0.3) is 0 Å². The molecule has 24 heavy (non-hydrogen) atoms. The van der Waals surface area contributed by atoms with Gasteiger partial charge in [0.1, 0.15) is 11.5 Å². The highest BCUT2D eigenvalue weighted by Gasteiger charge is 2.24. The Morgan fingerprint density at radius 3 is 2.83 bits per heavy atom. The van der Waals surface area contributed by atoms with Crippen LogP contribution in [0.5, 0.6) is 0 Å². The summed E-state index contributed by atoms with van der Waals surface area (Å²) < 4.78 is 0. The molecule has 7 nitrogen and oxygen atoms in total. The van der Waals surface area contributed by atoms with Crippen molar-refractivity contribution in [2.75, 3.05) is 6.54 Å². The van der Waals surface area contributed by atoms with E-state index in [2.05, 4.69) is 20.4 Å². The van der Waals surface area contributed by atoms with Crippen LogP contribution in [0.1, 0.15) is 24.2 Å². The van der Waals surface area contributed by atoms with Crippen LogP contribution in [0.3, 0.4) is 0 Å². The summed E-state index contributed by atoms with van der Waals surface area (Å²) in [5, 5.41) is 8.44. The summed E-state index contributed by atoms with van der Waals surface area (Å²) in [4.78, 5) is 31.3. The number of aromatic amines is 1. The molecule has 2 aromatic rings. The number of carbonyl (C=O) groups is 2. The molecule has 124 valence electrons. The van der Waals surface area contributed by atoms with E-state index in [9.17, 15) is 9.59 Å². The number of carbonyl (C=O) groups excluding carboxylic acids is 2. The summed E-state index contributed by atoms with van der Waals surface area (Å²) in [5.74, 6) is 0.528. The topological polar surface area (TPSA) is 90.4 Å². The minimum Gasteiger partial charge on any atom is -0.350 e. The number of hydrazone groups is 1. The quantitative estimate of drug-likeness (QED) is 0.837. The molecule has 1 aliphatic heterocycles. The standard InChI is InChI=1S/C17H19N5O2/c23-16-7-6-14(17(24)20-9-8-15-18-10-11-19-15)21-22(16)12-13-4-2-1-3-5-13/h1-5,10-11H,6-9,12H2,(H,18,19)(H,20,24). The van der Waals surface area contributed by atoms with E-state index in [1.165, 1.54) is 5.01 Å². The molecule has 0 atom stereocenters. The van der Waals surface area contributed by atoms with Crippen LogP contribution in [0.2, 0.25) is 0 Å². The van der Waals surface area contributed by atoms with Gasteiger partial charge in [-0.05, 0) is 5.56 Å². The molecule has 0 aliphatic carbocycles. The van der Waals surface area contributed by atoms with E-state index in [1.54, 1.807) is 12.4 Å². The van der Waals surface area contributed by atoms with Gasteiger partial charge in [-0.1, -0.05) is 30.3 Å². The van der Waals surface area contributed by atoms with E-state index in [1.807, 2.05) is 30.3 Å². The summed E-state index contributed by atoms with van der Waals surface area (Å²) in [6, 6.07) is 9.61. The van der Waals surface area contributed by atoms with E-state index in [0.29, 0.717) is 38.1 Å². The molecular weight excluding hydrogens is 306 g/mol. The number of amides is 2. The molecule has 1 aromatic carbocycles. The van der Waals surface area contributed by atoms with Crippen LogP contribution in [0.15, 0.2) is 47.8 Å². The van der Waals surface area contributed by atoms with Crippen molar-refractivity contribution in [3.8, 4) is 0 Å². The number of rotatable bonds is 6. The Kier molecular flexibility index (Phi) is 5.00. The molecule has 7 heteroatoms. The van der Waals surface area contributed by atoms with Crippen molar-refractivity contribution in [2.45, 2.75) is 25.8 Å². The smallest absolute Gasteiger partial charge is 0.267 e. The van der Waals surface area contributed by atoms with E-state index in [0.717, 1.165) is 11.4 Å². The number of benzene rings is 1. The van der Waals surface area contributed by atoms with Crippen LogP contribution in [0, 0.1) is 0 Å². The zero-order valence-corrected chi connectivity index (χ0v) is 13.2. The number of hydrogen-bond donors (Lipinski definition) is 2. The second-order valence-corrected chi connectivity index (χ2v) is 5.53. The lowest BCUT2D eigenvalue weighted by Gasteiger charge is -2.23. The van der Waals surface area contributed by atoms with Crippen molar-refractivity contribution in [1.29, 1.82) is 0 Å². The van der Waals surface area contributed by atoms with Gasteiger partial charge in [0.15, 0.2) is 0 Å². The summed E-state index contributed by atoms with van der Waals surface area (Å²) in [6.45, 7) is 0.848. The number of aromatic nitrogens is 2. The SMILES string of the molecule is O=C(NCCc1ncc[nH]1)C1=NN(Cc2ccccc2)C(=O)CC1. The first-order valence-corrected chi connectivity index (χ1v) is 7.90. The normalized spacial score (nSPS) is 14.4. The summed E-state index contributed by atoms with van der Waals surface area (Å²) in [7, 11) is 0. The number of nitrogens with zero attached hydrogens (tertiary/aromatic N) is 3. The maximum Gasteiger partial charge on any atom is 0.267 e. The van der Waals surface area contributed by atoms with E-state index in [4.69, 9.17) is 0 Å². The lowest BCUT2D eigenvalue weighted by atomic mass is 10.1. The Balaban J connectivity index is 1.58. The van der Waals surface area contributed by atoms with Crippen LogP contribution >= 0.6 is 0 Å². The van der Waals surface area contributed by atoms with Gasteiger partial charge >= 0.3 is 0 Å². The van der Waals surface area contributed by atoms with Gasteiger partial charge in [-0.25, -0.2) is 9.99 Å². The van der Waals surface area contributed by atoms with E-state index < -0.39 is 0 Å². The number of H-pyrrole nitrogens is 1. The average Bonchev–Trinajstić information content (AvgIpc) is 3.11. The van der Waals surface area contributed by atoms with Crippen molar-refractivity contribution < 1.29 is 9.59 Å². The number of hydrogen-bond acceptors (Lipinski definition) is 4. The fourth-order valence-corrected chi connectivity index (χ4v) is 2.48. The third kappa shape index (κ3) is 4.07. The molecule has 2 heterocycles. The van der Waals surface area contributed by atoms with Crippen molar-refractivity contribution in [2.24, 2.45) is 5.10 Å². The third-order valence-corrected chi connectivity index (χ3v) is 3.74. The molecule has 1 aliphatic rings. The van der Waals surface area contributed by atoms with Crippen molar-refractivity contribution in [3.63, 3.8) is 0 Å². The van der Waals surface area contributed by atoms with E-state index in [-0.39, 0.29) is 11.8 Å². The lowest BCUT2D eigenvalue weighted by molar-refractivity contribution is -0.132. The predicted octanol–water partition coefficient (Wildman–Crippen LogP) is 1.25. The van der Waals surface area contributed by atoms with Crippen LogP contribution in [-0.2, 0) is 22.6 Å². The summed E-state index contributed by atoms with van der Waals surface area (Å²) in [5.41, 5.74) is 1.37. The molecule has 0 saturated heterocycles. The van der Waals surface area contributed by atoms with Gasteiger partial charge in [0.25, 0.3) is 5.91 Å². The van der Waals surface area contributed by atoms with E-state index >= 15 is 0 Å². The van der Waals surface area contributed by atoms with Crippen molar-refractivity contribution in [1.82, 2.24) is 20.3 Å². The molecule has 0 saturated carbocycles. The Morgan fingerprint density at radius 1 is 1.25 bits per heavy atom. The molecule has 3 rings (SSSR count). The second kappa shape index (κ2) is 7.54. The molecule has 0 spiro atoms. The lowest BCUT2D eigenvalue weighted by Crippen LogP contribution is -2.39.